The van der Waals surface area contributed by atoms with Gasteiger partial charge in [0.25, 0.3) is 0 Å². The molecule has 3 N–H and O–H groups in total. The summed E-state index contributed by atoms with van der Waals surface area (Å²) in [7, 11) is -3.37. The molecule has 0 unspecified atom stereocenters. The van der Waals surface area contributed by atoms with Crippen molar-refractivity contribution in [1.82, 2.24) is 0 Å². The normalized spacial score (nSPS) is 13.8. The predicted molar refractivity (Wildman–Crippen MR) is 98.0 cm³/mol. The minimum absolute atomic E-state index is 0.0941. The van der Waals surface area contributed by atoms with E-state index in [4.69, 9.17) is 9.47 Å². The molecule has 6 heteroatoms. The van der Waals surface area contributed by atoms with Crippen molar-refractivity contribution >= 4 is 34.1 Å². The van der Waals surface area contributed by atoms with Crippen LogP contribution in [0.5, 0.6) is 5.75 Å². The molecule has 0 aromatic heterocycles. The summed E-state index contributed by atoms with van der Waals surface area (Å²) in [4.78, 5) is 30.8. The molecule has 0 radical (unpaired) electrons. The van der Waals surface area contributed by atoms with E-state index < -0.39 is 7.28 Å². The summed E-state index contributed by atoms with van der Waals surface area (Å²) in [5.41, 5.74) is 0. The van der Waals surface area contributed by atoms with Gasteiger partial charge in [-0.15, -0.1) is 0 Å². The van der Waals surface area contributed by atoms with Gasteiger partial charge in [0.1, 0.15) is 0 Å². The second kappa shape index (κ2) is 5.96. The molecule has 0 atom stereocenters. The summed E-state index contributed by atoms with van der Waals surface area (Å²) in [6, 6.07) is 14.7. The van der Waals surface area contributed by atoms with Gasteiger partial charge in [-0.2, -0.15) is 0 Å². The van der Waals surface area contributed by atoms with E-state index in [0.29, 0.717) is 24.3 Å². The topological polar surface area (TPSA) is 79.2 Å². The van der Waals surface area contributed by atoms with Crippen LogP contribution in [0.1, 0.15) is 0 Å². The van der Waals surface area contributed by atoms with E-state index in [9.17, 15) is 14.7 Å². The van der Waals surface area contributed by atoms with Crippen molar-refractivity contribution in [2.45, 2.75) is 0 Å². The maximum atomic E-state index is 10.3. The summed E-state index contributed by atoms with van der Waals surface area (Å²) in [5.74, 6) is 0.517. The van der Waals surface area contributed by atoms with Crippen molar-refractivity contribution in [3.8, 4) is 5.75 Å². The quantitative estimate of drug-likeness (QED) is 0.375. The molecule has 0 aliphatic heterocycles. The number of hydrogen-bond donors (Lipinski definition) is 3. The van der Waals surface area contributed by atoms with Crippen LogP contribution in [0.2, 0.25) is 0 Å². The molecule has 0 fully saturated rings. The molecular weight excluding hydrogens is 327 g/mol. The van der Waals surface area contributed by atoms with Crippen LogP contribution in [-0.2, 0) is 4.74 Å². The van der Waals surface area contributed by atoms with Crippen molar-refractivity contribution in [3.63, 3.8) is 0 Å². The van der Waals surface area contributed by atoms with Gasteiger partial charge in [0.2, 0.25) is 0 Å². The Hall–Kier alpha value is -1.75. The van der Waals surface area contributed by atoms with Gasteiger partial charge >= 0.3 is 140 Å². The Bertz CT molecular complexity index is 889. The first-order valence-corrected chi connectivity index (χ1v) is 10.2. The molecule has 0 saturated carbocycles. The van der Waals surface area contributed by atoms with Gasteiger partial charge in [-0.05, 0) is 0 Å². The van der Waals surface area contributed by atoms with E-state index in [1.165, 1.54) is 6.07 Å². The van der Waals surface area contributed by atoms with Gasteiger partial charge in [-0.25, -0.2) is 0 Å². The molecule has 5 nitrogen and oxygen atoms in total. The third-order valence-corrected chi connectivity index (χ3v) is 5.42. The second-order valence-electron chi connectivity index (χ2n) is 6.04. The minimum atomic E-state index is -4.95. The van der Waals surface area contributed by atoms with Gasteiger partial charge < -0.3 is 0 Å². The molecule has 0 amide bonds. The third-order valence-electron chi connectivity index (χ3n) is 3.92. The van der Waals surface area contributed by atoms with E-state index in [-0.39, 0.29) is 5.30 Å². The molecule has 0 spiro atoms. The van der Waals surface area contributed by atoms with E-state index in [2.05, 4.69) is 0 Å². The standard InChI is InChI=1S/C18H21O5P/c1-22-10-11-23-18-15-8-4-3-6-13(15)12-14-7-5-9-16(17(14)18)24(2,19,20)21/h3-9,12,19-21H,10-11H2,1-2H3. The molecule has 3 aromatic carbocycles. The summed E-state index contributed by atoms with van der Waals surface area (Å²) >= 11 is 0. The molecule has 3 aromatic rings. The predicted octanol–water partition coefficient (Wildman–Crippen LogP) is 2.55. The van der Waals surface area contributed by atoms with Crippen molar-refractivity contribution in [1.29, 1.82) is 0 Å². The molecule has 0 heterocycles. The van der Waals surface area contributed by atoms with E-state index >= 15 is 0 Å². The van der Waals surface area contributed by atoms with Crippen LogP contribution in [0.15, 0.2) is 48.5 Å². The fourth-order valence-electron chi connectivity index (χ4n) is 2.87. The molecule has 0 aliphatic rings. The Kier molecular flexibility index (Phi) is 4.24. The fraction of sp³-hybridized carbons (Fsp3) is 0.222. The molecule has 24 heavy (non-hydrogen) atoms. The van der Waals surface area contributed by atoms with Crippen molar-refractivity contribution in [2.24, 2.45) is 0 Å². The van der Waals surface area contributed by atoms with Crippen molar-refractivity contribution in [2.75, 3.05) is 27.0 Å². The van der Waals surface area contributed by atoms with E-state index in [1.54, 1.807) is 13.2 Å². The third kappa shape index (κ3) is 3.22. The monoisotopic (exact) mass is 348 g/mol. The van der Waals surface area contributed by atoms with Crippen molar-refractivity contribution < 1.29 is 24.2 Å². The van der Waals surface area contributed by atoms with Crippen LogP contribution in [-0.4, -0.2) is 41.7 Å². The van der Waals surface area contributed by atoms with Crippen LogP contribution in [0.3, 0.4) is 0 Å². The van der Waals surface area contributed by atoms with E-state index in [1.807, 2.05) is 36.4 Å². The van der Waals surface area contributed by atoms with Gasteiger partial charge in [0.15, 0.2) is 0 Å². The number of hydrogen-bond acceptors (Lipinski definition) is 5. The summed E-state index contributed by atoms with van der Waals surface area (Å²) in [6.45, 7) is 1.78. The zero-order valence-electron chi connectivity index (χ0n) is 13.6. The number of methoxy groups -OCH3 is 1. The van der Waals surface area contributed by atoms with Crippen LogP contribution in [0.25, 0.3) is 21.5 Å². The summed E-state index contributed by atoms with van der Waals surface area (Å²) in [6.07, 6.45) is 0. The van der Waals surface area contributed by atoms with Crippen LogP contribution in [0, 0.1) is 0 Å². The zero-order valence-corrected chi connectivity index (χ0v) is 14.5. The molecule has 128 valence electrons. The molecule has 3 rings (SSSR count). The Balaban J connectivity index is 2.38. The Morgan fingerprint density at radius 3 is 2.33 bits per heavy atom. The fourth-order valence-corrected chi connectivity index (χ4v) is 4.06. The first-order chi connectivity index (χ1) is 11.3. The first kappa shape index (κ1) is 17.1. The van der Waals surface area contributed by atoms with Gasteiger partial charge in [0.05, 0.1) is 0 Å². The van der Waals surface area contributed by atoms with E-state index in [0.717, 1.165) is 22.8 Å². The summed E-state index contributed by atoms with van der Waals surface area (Å²) < 4.78 is 11.0. The number of benzene rings is 3. The molecule has 0 aliphatic carbocycles. The Labute approximate surface area is 140 Å². The van der Waals surface area contributed by atoms with Gasteiger partial charge in [-0.1, -0.05) is 0 Å². The second-order valence-corrected chi connectivity index (χ2v) is 9.30. The van der Waals surface area contributed by atoms with Crippen LogP contribution < -0.4 is 10.0 Å². The SMILES string of the molecule is COCCOc1c2ccccc2cc2cccc(P(C)(O)(O)O)c12. The average Bonchev–Trinajstić information content (AvgIpc) is 2.52. The molecule has 0 saturated heterocycles. The van der Waals surface area contributed by atoms with Crippen LogP contribution >= 0.6 is 7.28 Å². The van der Waals surface area contributed by atoms with Crippen molar-refractivity contribution in [3.05, 3.63) is 48.5 Å². The first-order valence-electron chi connectivity index (χ1n) is 7.61. The van der Waals surface area contributed by atoms with Gasteiger partial charge in [0, 0.05) is 0 Å². The van der Waals surface area contributed by atoms with Crippen LogP contribution in [0.4, 0.5) is 0 Å². The average molecular weight is 348 g/mol. The Morgan fingerprint density at radius 1 is 0.917 bits per heavy atom. The number of rotatable bonds is 5. The summed E-state index contributed by atoms with van der Waals surface area (Å²) in [5, 5.41) is 3.19. The molecule has 0 bridgehead atoms. The zero-order chi connectivity index (χ0) is 17.4. The Morgan fingerprint density at radius 2 is 1.62 bits per heavy atom. The van der Waals surface area contributed by atoms with Gasteiger partial charge in [-0.3, -0.25) is 0 Å². The molecular formula is C18H21O5P. The number of fused-ring (bicyclic) bond motifs is 2. The maximum absolute atomic E-state index is 10.3. The number of ether oxygens (including phenoxy) is 2.